The van der Waals surface area contributed by atoms with Gasteiger partial charge in [0, 0.05) is 26.3 Å². The Bertz CT molecular complexity index is 328. The molecular weight excluding hydrogens is 170 g/mol. The Balaban J connectivity index is 2.06. The highest BCUT2D eigenvalue weighted by molar-refractivity contribution is 5.94. The van der Waals surface area contributed by atoms with E-state index in [2.05, 4.69) is 5.10 Å². The minimum absolute atomic E-state index is 0.0570. The van der Waals surface area contributed by atoms with Crippen molar-refractivity contribution in [2.24, 2.45) is 7.05 Å². The topological polar surface area (TPSA) is 58.4 Å². The Kier molecular flexibility index (Phi) is 1.81. The van der Waals surface area contributed by atoms with Crippen molar-refractivity contribution in [3.05, 3.63) is 18.0 Å². The van der Waals surface area contributed by atoms with Crippen LogP contribution in [-0.4, -0.2) is 44.9 Å². The van der Waals surface area contributed by atoms with Gasteiger partial charge in [-0.1, -0.05) is 0 Å². The highest BCUT2D eigenvalue weighted by Crippen LogP contribution is 2.12. The number of carbonyl (C=O) groups is 1. The van der Waals surface area contributed by atoms with E-state index in [0.717, 1.165) is 0 Å². The van der Waals surface area contributed by atoms with Gasteiger partial charge in [0.05, 0.1) is 17.9 Å². The number of aliphatic hydroxyl groups excluding tert-OH is 1. The third-order valence-electron chi connectivity index (χ3n) is 2.10. The zero-order valence-electron chi connectivity index (χ0n) is 7.34. The molecule has 0 spiro atoms. The fraction of sp³-hybridized carbons (Fsp3) is 0.500. The van der Waals surface area contributed by atoms with Gasteiger partial charge in [0.1, 0.15) is 0 Å². The minimum Gasteiger partial charge on any atom is -0.389 e. The lowest BCUT2D eigenvalue weighted by Crippen LogP contribution is -2.53. The number of β-amino-alcohol motifs (C(OH)–C–C–N with tert-alkyl or cyclic N) is 1. The molecule has 0 aromatic carbocycles. The number of aryl methyl sites for hydroxylation is 1. The SMILES string of the molecule is Cn1cc(C(=O)N2CC(O)C2)cn1. The summed E-state index contributed by atoms with van der Waals surface area (Å²) in [5, 5.41) is 12.9. The van der Waals surface area contributed by atoms with E-state index >= 15 is 0 Å². The molecule has 2 rings (SSSR count). The molecule has 0 radical (unpaired) electrons. The Labute approximate surface area is 75.6 Å². The van der Waals surface area contributed by atoms with Crippen molar-refractivity contribution in [2.45, 2.75) is 6.10 Å². The van der Waals surface area contributed by atoms with Gasteiger partial charge in [-0.15, -0.1) is 0 Å². The van der Waals surface area contributed by atoms with Crippen molar-refractivity contribution in [3.63, 3.8) is 0 Å². The third kappa shape index (κ3) is 1.42. The normalized spacial score (nSPS) is 17.2. The van der Waals surface area contributed by atoms with Gasteiger partial charge in [-0.25, -0.2) is 0 Å². The first-order valence-electron chi connectivity index (χ1n) is 4.13. The number of aliphatic hydroxyl groups is 1. The summed E-state index contributed by atoms with van der Waals surface area (Å²) in [6, 6.07) is 0. The first kappa shape index (κ1) is 8.25. The standard InChI is InChI=1S/C8H11N3O2/c1-10-3-6(2-9-10)8(13)11-4-7(12)5-11/h2-3,7,12H,4-5H2,1H3. The molecule has 0 aliphatic carbocycles. The second-order valence-electron chi connectivity index (χ2n) is 3.27. The number of nitrogens with zero attached hydrogens (tertiary/aromatic N) is 3. The summed E-state index contributed by atoms with van der Waals surface area (Å²) in [4.78, 5) is 13.1. The van der Waals surface area contributed by atoms with Gasteiger partial charge in [-0.3, -0.25) is 9.48 Å². The van der Waals surface area contributed by atoms with Gasteiger partial charge in [0.2, 0.25) is 0 Å². The molecular formula is C8H11N3O2. The lowest BCUT2D eigenvalue weighted by atomic mass is 10.1. The van der Waals surface area contributed by atoms with Crippen molar-refractivity contribution in [2.75, 3.05) is 13.1 Å². The van der Waals surface area contributed by atoms with Crippen LogP contribution in [0.5, 0.6) is 0 Å². The number of hydrogen-bond acceptors (Lipinski definition) is 3. The number of aromatic nitrogens is 2. The second-order valence-corrected chi connectivity index (χ2v) is 3.27. The van der Waals surface area contributed by atoms with E-state index in [-0.39, 0.29) is 12.0 Å². The molecule has 13 heavy (non-hydrogen) atoms. The summed E-state index contributed by atoms with van der Waals surface area (Å²) in [5.74, 6) is -0.0570. The van der Waals surface area contributed by atoms with Crippen LogP contribution in [0.4, 0.5) is 0 Å². The number of carbonyl (C=O) groups excluding carboxylic acids is 1. The zero-order chi connectivity index (χ0) is 9.42. The van der Waals surface area contributed by atoms with Gasteiger partial charge >= 0.3 is 0 Å². The lowest BCUT2D eigenvalue weighted by Gasteiger charge is -2.35. The first-order chi connectivity index (χ1) is 6.16. The molecule has 1 amide bonds. The maximum Gasteiger partial charge on any atom is 0.257 e. The van der Waals surface area contributed by atoms with Gasteiger partial charge in [0.25, 0.3) is 5.91 Å². The monoisotopic (exact) mass is 181 g/mol. The largest absolute Gasteiger partial charge is 0.389 e. The smallest absolute Gasteiger partial charge is 0.257 e. The maximum atomic E-state index is 11.5. The molecule has 1 saturated heterocycles. The van der Waals surface area contributed by atoms with Crippen molar-refractivity contribution >= 4 is 5.91 Å². The van der Waals surface area contributed by atoms with Gasteiger partial charge in [-0.2, -0.15) is 5.10 Å². The van der Waals surface area contributed by atoms with Gasteiger partial charge in [0.15, 0.2) is 0 Å². The Morgan fingerprint density at radius 1 is 1.69 bits per heavy atom. The number of hydrogen-bond donors (Lipinski definition) is 1. The van der Waals surface area contributed by atoms with Crippen molar-refractivity contribution in [1.29, 1.82) is 0 Å². The highest BCUT2D eigenvalue weighted by atomic mass is 16.3. The van der Waals surface area contributed by atoms with Crippen LogP contribution in [0.15, 0.2) is 12.4 Å². The fourth-order valence-electron chi connectivity index (χ4n) is 1.34. The van der Waals surface area contributed by atoms with E-state index in [1.807, 2.05) is 0 Å². The van der Waals surface area contributed by atoms with E-state index in [9.17, 15) is 4.79 Å². The van der Waals surface area contributed by atoms with Crippen LogP contribution < -0.4 is 0 Å². The Morgan fingerprint density at radius 2 is 2.38 bits per heavy atom. The summed E-state index contributed by atoms with van der Waals surface area (Å²) >= 11 is 0. The molecule has 70 valence electrons. The number of rotatable bonds is 1. The van der Waals surface area contributed by atoms with Gasteiger partial charge < -0.3 is 10.0 Å². The predicted octanol–water partition coefficient (Wildman–Crippen LogP) is -0.763. The Morgan fingerprint density at radius 3 is 2.85 bits per heavy atom. The van der Waals surface area contributed by atoms with Crippen molar-refractivity contribution < 1.29 is 9.90 Å². The fourth-order valence-corrected chi connectivity index (χ4v) is 1.34. The molecule has 0 bridgehead atoms. The van der Waals surface area contributed by atoms with E-state index in [1.54, 1.807) is 22.8 Å². The van der Waals surface area contributed by atoms with Crippen molar-refractivity contribution in [1.82, 2.24) is 14.7 Å². The van der Waals surface area contributed by atoms with Crippen LogP contribution in [0.1, 0.15) is 10.4 Å². The molecule has 1 fully saturated rings. The third-order valence-corrected chi connectivity index (χ3v) is 2.10. The Hall–Kier alpha value is -1.36. The molecule has 1 aliphatic heterocycles. The first-order valence-corrected chi connectivity index (χ1v) is 4.13. The summed E-state index contributed by atoms with van der Waals surface area (Å²) in [7, 11) is 1.77. The van der Waals surface area contributed by atoms with E-state index in [4.69, 9.17) is 5.11 Å². The van der Waals surface area contributed by atoms with Crippen LogP contribution in [0.25, 0.3) is 0 Å². The van der Waals surface area contributed by atoms with E-state index in [1.165, 1.54) is 6.20 Å². The van der Waals surface area contributed by atoms with Crippen LogP contribution in [0.2, 0.25) is 0 Å². The zero-order valence-corrected chi connectivity index (χ0v) is 7.34. The maximum absolute atomic E-state index is 11.5. The summed E-state index contributed by atoms with van der Waals surface area (Å²) in [5.41, 5.74) is 0.578. The molecule has 1 aromatic rings. The molecule has 5 nitrogen and oxygen atoms in total. The van der Waals surface area contributed by atoms with Crippen LogP contribution >= 0.6 is 0 Å². The predicted molar refractivity (Wildman–Crippen MR) is 45.1 cm³/mol. The average molecular weight is 181 g/mol. The molecule has 0 atom stereocenters. The molecule has 0 unspecified atom stereocenters. The van der Waals surface area contributed by atoms with Crippen molar-refractivity contribution in [3.8, 4) is 0 Å². The molecule has 5 heteroatoms. The highest BCUT2D eigenvalue weighted by Gasteiger charge is 2.29. The van der Waals surface area contributed by atoms with Gasteiger partial charge in [-0.05, 0) is 0 Å². The molecule has 1 aliphatic rings. The molecule has 2 heterocycles. The second kappa shape index (κ2) is 2.85. The molecule has 1 N–H and O–H groups in total. The van der Waals surface area contributed by atoms with E-state index < -0.39 is 0 Å². The average Bonchev–Trinajstić information content (AvgIpc) is 2.45. The summed E-state index contributed by atoms with van der Waals surface area (Å²) in [6.45, 7) is 0.876. The number of amides is 1. The minimum atomic E-state index is -0.347. The molecule has 1 aromatic heterocycles. The molecule has 0 saturated carbocycles. The van der Waals surface area contributed by atoms with Crippen LogP contribution in [0.3, 0.4) is 0 Å². The quantitative estimate of drug-likeness (QED) is 0.619. The van der Waals surface area contributed by atoms with Crippen LogP contribution in [-0.2, 0) is 7.05 Å². The summed E-state index contributed by atoms with van der Waals surface area (Å²) in [6.07, 6.45) is 2.86. The summed E-state index contributed by atoms with van der Waals surface area (Å²) < 4.78 is 1.59. The lowest BCUT2D eigenvalue weighted by molar-refractivity contribution is 0.00589. The number of likely N-dealkylation sites (tertiary alicyclic amines) is 1. The van der Waals surface area contributed by atoms with Crippen LogP contribution in [0, 0.1) is 0 Å². The van der Waals surface area contributed by atoms with E-state index in [0.29, 0.717) is 18.7 Å².